The summed E-state index contributed by atoms with van der Waals surface area (Å²) in [5.41, 5.74) is 3.66. The number of hydrogen-bond donors (Lipinski definition) is 2. The van der Waals surface area contributed by atoms with Crippen molar-refractivity contribution in [3.8, 4) is 11.1 Å². The van der Waals surface area contributed by atoms with Gasteiger partial charge in [0.25, 0.3) is 0 Å². The molecule has 1 aromatic heterocycles. The van der Waals surface area contributed by atoms with E-state index in [9.17, 15) is 4.79 Å². The number of aromatic nitrogens is 1. The van der Waals surface area contributed by atoms with Crippen molar-refractivity contribution >= 4 is 11.7 Å². The van der Waals surface area contributed by atoms with Gasteiger partial charge in [-0.15, -0.1) is 0 Å². The maximum absolute atomic E-state index is 12.4. The SMILES string of the molecule is COCC1(NC(=O)Nc2cc(-c3cccnc3)ccc2C)CCC1. The van der Waals surface area contributed by atoms with E-state index in [1.807, 2.05) is 43.5 Å². The molecule has 0 spiro atoms. The first-order valence-electron chi connectivity index (χ1n) is 8.21. The lowest BCUT2D eigenvalue weighted by Gasteiger charge is -2.41. The summed E-state index contributed by atoms with van der Waals surface area (Å²) >= 11 is 0. The Bertz CT molecular complexity index is 712. The third-order valence-corrected chi connectivity index (χ3v) is 4.59. The minimum absolute atomic E-state index is 0.182. The normalized spacial score (nSPS) is 15.4. The number of amides is 2. The average Bonchev–Trinajstić information content (AvgIpc) is 2.56. The van der Waals surface area contributed by atoms with Crippen LogP contribution in [0.15, 0.2) is 42.7 Å². The molecule has 1 aliphatic rings. The summed E-state index contributed by atoms with van der Waals surface area (Å²) in [5, 5.41) is 6.05. The molecule has 5 heteroatoms. The molecule has 1 aromatic carbocycles. The molecular weight excluding hydrogens is 302 g/mol. The Morgan fingerprint density at radius 2 is 2.12 bits per heavy atom. The number of anilines is 1. The summed E-state index contributed by atoms with van der Waals surface area (Å²) in [6, 6.07) is 9.75. The van der Waals surface area contributed by atoms with Crippen LogP contribution in [0.3, 0.4) is 0 Å². The van der Waals surface area contributed by atoms with E-state index in [0.29, 0.717) is 6.61 Å². The number of hydrogen-bond acceptors (Lipinski definition) is 3. The Balaban J connectivity index is 1.73. The van der Waals surface area contributed by atoms with E-state index in [2.05, 4.69) is 15.6 Å². The third-order valence-electron chi connectivity index (χ3n) is 4.59. The first-order chi connectivity index (χ1) is 11.6. The predicted octanol–water partition coefficient (Wildman–Crippen LogP) is 3.75. The first kappa shape index (κ1) is 16.5. The zero-order chi connectivity index (χ0) is 17.0. The van der Waals surface area contributed by atoms with Crippen molar-refractivity contribution in [2.24, 2.45) is 0 Å². The Morgan fingerprint density at radius 1 is 1.29 bits per heavy atom. The quantitative estimate of drug-likeness (QED) is 0.880. The fourth-order valence-corrected chi connectivity index (χ4v) is 3.05. The topological polar surface area (TPSA) is 63.2 Å². The van der Waals surface area contributed by atoms with Crippen LogP contribution in [0.2, 0.25) is 0 Å². The molecule has 1 heterocycles. The number of ether oxygens (including phenoxy) is 1. The van der Waals surface area contributed by atoms with E-state index in [4.69, 9.17) is 4.74 Å². The van der Waals surface area contributed by atoms with Gasteiger partial charge < -0.3 is 15.4 Å². The van der Waals surface area contributed by atoms with Crippen LogP contribution in [0, 0.1) is 6.92 Å². The monoisotopic (exact) mass is 325 g/mol. The van der Waals surface area contributed by atoms with Gasteiger partial charge in [-0.3, -0.25) is 4.98 Å². The van der Waals surface area contributed by atoms with Crippen LogP contribution in [0.5, 0.6) is 0 Å². The van der Waals surface area contributed by atoms with Crippen molar-refractivity contribution in [3.63, 3.8) is 0 Å². The fourth-order valence-electron chi connectivity index (χ4n) is 3.05. The minimum Gasteiger partial charge on any atom is -0.382 e. The van der Waals surface area contributed by atoms with Crippen LogP contribution in [0.25, 0.3) is 11.1 Å². The summed E-state index contributed by atoms with van der Waals surface area (Å²) in [4.78, 5) is 16.6. The molecule has 0 unspecified atom stereocenters. The highest BCUT2D eigenvalue weighted by Gasteiger charge is 2.38. The van der Waals surface area contributed by atoms with Crippen molar-refractivity contribution < 1.29 is 9.53 Å². The maximum atomic E-state index is 12.4. The second-order valence-electron chi connectivity index (χ2n) is 6.42. The number of carbonyl (C=O) groups is 1. The highest BCUT2D eigenvalue weighted by molar-refractivity contribution is 5.91. The van der Waals surface area contributed by atoms with Gasteiger partial charge >= 0.3 is 6.03 Å². The molecular formula is C19H23N3O2. The molecule has 0 radical (unpaired) electrons. The Labute approximate surface area is 142 Å². The zero-order valence-electron chi connectivity index (χ0n) is 14.1. The molecule has 24 heavy (non-hydrogen) atoms. The van der Waals surface area contributed by atoms with E-state index >= 15 is 0 Å². The van der Waals surface area contributed by atoms with Crippen molar-refractivity contribution in [1.29, 1.82) is 0 Å². The van der Waals surface area contributed by atoms with Crippen molar-refractivity contribution in [2.75, 3.05) is 19.0 Å². The molecule has 1 aliphatic carbocycles. The number of carbonyl (C=O) groups excluding carboxylic acids is 1. The zero-order valence-corrected chi connectivity index (χ0v) is 14.1. The lowest BCUT2D eigenvalue weighted by Crippen LogP contribution is -2.57. The lowest BCUT2D eigenvalue weighted by molar-refractivity contribution is 0.0648. The number of urea groups is 1. The number of benzene rings is 1. The molecule has 0 aliphatic heterocycles. The summed E-state index contributed by atoms with van der Waals surface area (Å²) in [6.07, 6.45) is 6.61. The van der Waals surface area contributed by atoms with Gasteiger partial charge in [-0.2, -0.15) is 0 Å². The van der Waals surface area contributed by atoms with Gasteiger partial charge in [-0.1, -0.05) is 18.2 Å². The third kappa shape index (κ3) is 3.57. The van der Waals surface area contributed by atoms with Gasteiger partial charge in [0.15, 0.2) is 0 Å². The predicted molar refractivity (Wildman–Crippen MR) is 95.0 cm³/mol. The highest BCUT2D eigenvalue weighted by Crippen LogP contribution is 2.32. The molecule has 3 rings (SSSR count). The van der Waals surface area contributed by atoms with Gasteiger partial charge in [-0.05, 0) is 49.4 Å². The summed E-state index contributed by atoms with van der Waals surface area (Å²) in [5.74, 6) is 0. The summed E-state index contributed by atoms with van der Waals surface area (Å²) in [7, 11) is 1.67. The molecule has 126 valence electrons. The van der Waals surface area contributed by atoms with Crippen LogP contribution in [0.4, 0.5) is 10.5 Å². The van der Waals surface area contributed by atoms with Crippen LogP contribution in [-0.4, -0.2) is 30.3 Å². The van der Waals surface area contributed by atoms with Gasteiger partial charge in [-0.25, -0.2) is 4.79 Å². The Hall–Kier alpha value is -2.40. The number of pyridine rings is 1. The smallest absolute Gasteiger partial charge is 0.319 e. The molecule has 1 fully saturated rings. The van der Waals surface area contributed by atoms with Gasteiger partial charge in [0.05, 0.1) is 12.1 Å². The van der Waals surface area contributed by atoms with Crippen molar-refractivity contribution in [2.45, 2.75) is 31.7 Å². The van der Waals surface area contributed by atoms with Crippen LogP contribution in [-0.2, 0) is 4.74 Å². The first-order valence-corrected chi connectivity index (χ1v) is 8.21. The standard InChI is InChI=1S/C19H23N3O2/c1-14-6-7-15(16-5-3-10-20-12-16)11-17(14)21-18(23)22-19(13-24-2)8-4-9-19/h3,5-7,10-12H,4,8-9,13H2,1-2H3,(H2,21,22,23). The van der Waals surface area contributed by atoms with Crippen molar-refractivity contribution in [3.05, 3.63) is 48.3 Å². The molecule has 2 amide bonds. The largest absolute Gasteiger partial charge is 0.382 e. The summed E-state index contributed by atoms with van der Waals surface area (Å²) in [6.45, 7) is 2.53. The Kier molecular flexibility index (Phi) is 4.81. The van der Waals surface area contributed by atoms with Crippen LogP contribution in [0.1, 0.15) is 24.8 Å². The molecule has 0 bridgehead atoms. The van der Waals surface area contributed by atoms with Gasteiger partial charge in [0.1, 0.15) is 0 Å². The molecule has 0 saturated heterocycles. The molecule has 2 aromatic rings. The summed E-state index contributed by atoms with van der Waals surface area (Å²) < 4.78 is 5.25. The molecule has 5 nitrogen and oxygen atoms in total. The second-order valence-corrected chi connectivity index (χ2v) is 6.42. The van der Waals surface area contributed by atoms with E-state index in [-0.39, 0.29) is 11.6 Å². The highest BCUT2D eigenvalue weighted by atomic mass is 16.5. The maximum Gasteiger partial charge on any atom is 0.319 e. The minimum atomic E-state index is -0.215. The van der Waals surface area contributed by atoms with E-state index in [1.54, 1.807) is 13.3 Å². The van der Waals surface area contributed by atoms with Gasteiger partial charge in [0, 0.05) is 30.8 Å². The number of nitrogens with zero attached hydrogens (tertiary/aromatic N) is 1. The fraction of sp³-hybridized carbons (Fsp3) is 0.368. The Morgan fingerprint density at radius 3 is 2.75 bits per heavy atom. The van der Waals surface area contributed by atoms with Crippen molar-refractivity contribution in [1.82, 2.24) is 10.3 Å². The van der Waals surface area contributed by atoms with Crippen LogP contribution < -0.4 is 10.6 Å². The number of rotatable bonds is 5. The molecule has 0 atom stereocenters. The number of methoxy groups -OCH3 is 1. The molecule has 2 N–H and O–H groups in total. The van der Waals surface area contributed by atoms with E-state index in [0.717, 1.165) is 41.6 Å². The molecule has 1 saturated carbocycles. The van der Waals surface area contributed by atoms with Crippen LogP contribution >= 0.6 is 0 Å². The van der Waals surface area contributed by atoms with Gasteiger partial charge in [0.2, 0.25) is 0 Å². The number of nitrogens with one attached hydrogen (secondary N) is 2. The average molecular weight is 325 g/mol. The number of aryl methyl sites for hydroxylation is 1. The lowest BCUT2D eigenvalue weighted by atomic mass is 9.77. The van der Waals surface area contributed by atoms with E-state index < -0.39 is 0 Å². The second kappa shape index (κ2) is 7.01. The van der Waals surface area contributed by atoms with E-state index in [1.165, 1.54) is 0 Å².